The number of ether oxygens (including phenoxy) is 1. The maximum Gasteiger partial charge on any atom is 0.309 e. The Morgan fingerprint density at radius 1 is 1.53 bits per heavy atom. The zero-order chi connectivity index (χ0) is 12.8. The van der Waals surface area contributed by atoms with Crippen molar-refractivity contribution in [3.8, 4) is 0 Å². The number of aryl methyl sites for hydroxylation is 1. The Morgan fingerprint density at radius 2 is 2.24 bits per heavy atom. The van der Waals surface area contributed by atoms with E-state index in [1.165, 1.54) is 5.56 Å². The minimum absolute atomic E-state index is 0.0965. The van der Waals surface area contributed by atoms with E-state index in [2.05, 4.69) is 0 Å². The molecule has 17 heavy (non-hydrogen) atoms. The summed E-state index contributed by atoms with van der Waals surface area (Å²) in [5.74, 6) is 0.477. The fourth-order valence-corrected chi connectivity index (χ4v) is 2.42. The summed E-state index contributed by atoms with van der Waals surface area (Å²) in [6.45, 7) is 6.17. The maximum absolute atomic E-state index is 11.5. The average Bonchev–Trinajstić information content (AvgIpc) is 2.30. The SMILES string of the molecule is CCOC(=O)C(C)CSc1cc(N)ccc1C. The van der Waals surface area contributed by atoms with E-state index in [4.69, 9.17) is 10.5 Å². The van der Waals surface area contributed by atoms with Crippen LogP contribution in [-0.4, -0.2) is 18.3 Å². The van der Waals surface area contributed by atoms with Crippen molar-refractivity contribution < 1.29 is 9.53 Å². The second-order valence-electron chi connectivity index (χ2n) is 3.99. The fraction of sp³-hybridized carbons (Fsp3) is 0.462. The van der Waals surface area contributed by atoms with Crippen LogP contribution in [0.3, 0.4) is 0 Å². The normalized spacial score (nSPS) is 12.2. The van der Waals surface area contributed by atoms with E-state index in [0.29, 0.717) is 12.4 Å². The van der Waals surface area contributed by atoms with Gasteiger partial charge in [0.2, 0.25) is 0 Å². The van der Waals surface area contributed by atoms with Gasteiger partial charge in [-0.1, -0.05) is 13.0 Å². The summed E-state index contributed by atoms with van der Waals surface area (Å²) in [7, 11) is 0. The Morgan fingerprint density at radius 3 is 2.88 bits per heavy atom. The highest BCUT2D eigenvalue weighted by molar-refractivity contribution is 7.99. The standard InChI is InChI=1S/C13H19NO2S/c1-4-16-13(15)10(3)8-17-12-7-11(14)6-5-9(12)2/h5-7,10H,4,8,14H2,1-3H3. The number of carbonyl (C=O) groups is 1. The van der Waals surface area contributed by atoms with Crippen LogP contribution in [0.25, 0.3) is 0 Å². The topological polar surface area (TPSA) is 52.3 Å². The lowest BCUT2D eigenvalue weighted by atomic mass is 10.2. The molecule has 0 amide bonds. The van der Waals surface area contributed by atoms with Crippen molar-refractivity contribution in [1.82, 2.24) is 0 Å². The van der Waals surface area contributed by atoms with Crippen LogP contribution in [0.15, 0.2) is 23.1 Å². The fourth-order valence-electron chi connectivity index (χ4n) is 1.34. The lowest BCUT2D eigenvalue weighted by Crippen LogP contribution is -2.16. The number of hydrogen-bond donors (Lipinski definition) is 1. The van der Waals surface area contributed by atoms with Gasteiger partial charge in [0.25, 0.3) is 0 Å². The minimum Gasteiger partial charge on any atom is -0.466 e. The van der Waals surface area contributed by atoms with E-state index >= 15 is 0 Å². The smallest absolute Gasteiger partial charge is 0.309 e. The monoisotopic (exact) mass is 253 g/mol. The Kier molecular flexibility index (Phi) is 5.35. The molecule has 0 spiro atoms. The zero-order valence-corrected chi connectivity index (χ0v) is 11.3. The van der Waals surface area contributed by atoms with Crippen LogP contribution in [0.4, 0.5) is 5.69 Å². The lowest BCUT2D eigenvalue weighted by molar-refractivity contribution is -0.146. The summed E-state index contributed by atoms with van der Waals surface area (Å²) in [5.41, 5.74) is 7.67. The predicted octanol–water partition coefficient (Wildman–Crippen LogP) is 2.87. The van der Waals surface area contributed by atoms with Crippen molar-refractivity contribution in [2.75, 3.05) is 18.1 Å². The van der Waals surface area contributed by atoms with Crippen LogP contribution in [0.1, 0.15) is 19.4 Å². The van der Waals surface area contributed by atoms with Crippen molar-refractivity contribution in [1.29, 1.82) is 0 Å². The molecule has 3 nitrogen and oxygen atoms in total. The van der Waals surface area contributed by atoms with Gasteiger partial charge in [0.15, 0.2) is 0 Å². The molecule has 0 saturated heterocycles. The number of rotatable bonds is 5. The zero-order valence-electron chi connectivity index (χ0n) is 10.5. The molecule has 0 aliphatic rings. The first-order chi connectivity index (χ1) is 8.04. The molecule has 1 atom stereocenters. The summed E-state index contributed by atoms with van der Waals surface area (Å²) in [6, 6.07) is 5.82. The minimum atomic E-state index is -0.137. The van der Waals surface area contributed by atoms with Gasteiger partial charge in [0, 0.05) is 16.3 Å². The second-order valence-corrected chi connectivity index (χ2v) is 5.05. The van der Waals surface area contributed by atoms with Gasteiger partial charge >= 0.3 is 5.97 Å². The van der Waals surface area contributed by atoms with Crippen molar-refractivity contribution >= 4 is 23.4 Å². The van der Waals surface area contributed by atoms with Gasteiger partial charge < -0.3 is 10.5 Å². The van der Waals surface area contributed by atoms with E-state index in [1.807, 2.05) is 39.0 Å². The maximum atomic E-state index is 11.5. The number of nitrogens with two attached hydrogens (primary N) is 1. The first kappa shape index (κ1) is 13.9. The van der Waals surface area contributed by atoms with Crippen molar-refractivity contribution in [3.05, 3.63) is 23.8 Å². The molecule has 0 fully saturated rings. The van der Waals surface area contributed by atoms with Gasteiger partial charge in [0.1, 0.15) is 0 Å². The first-order valence-electron chi connectivity index (χ1n) is 5.70. The highest BCUT2D eigenvalue weighted by Crippen LogP contribution is 2.26. The van der Waals surface area contributed by atoms with E-state index in [9.17, 15) is 4.79 Å². The Balaban J connectivity index is 2.55. The third-order valence-corrected chi connectivity index (χ3v) is 3.81. The molecule has 1 aromatic rings. The molecule has 4 heteroatoms. The molecule has 1 rings (SSSR count). The van der Waals surface area contributed by atoms with Gasteiger partial charge in [-0.3, -0.25) is 4.79 Å². The van der Waals surface area contributed by atoms with Gasteiger partial charge in [-0.2, -0.15) is 0 Å². The molecule has 0 aliphatic carbocycles. The highest BCUT2D eigenvalue weighted by atomic mass is 32.2. The summed E-state index contributed by atoms with van der Waals surface area (Å²) in [6.07, 6.45) is 0. The molecule has 0 bridgehead atoms. The summed E-state index contributed by atoms with van der Waals surface area (Å²) in [5, 5.41) is 0. The third kappa shape index (κ3) is 4.30. The third-order valence-electron chi connectivity index (χ3n) is 2.39. The van der Waals surface area contributed by atoms with Crippen LogP contribution >= 0.6 is 11.8 Å². The van der Waals surface area contributed by atoms with Gasteiger partial charge in [-0.05, 0) is 31.5 Å². The van der Waals surface area contributed by atoms with E-state index in [0.717, 1.165) is 10.6 Å². The number of nitrogen functional groups attached to an aromatic ring is 1. The molecule has 0 aromatic heterocycles. The van der Waals surface area contributed by atoms with E-state index < -0.39 is 0 Å². The molecular formula is C13H19NO2S. The molecule has 94 valence electrons. The molecular weight excluding hydrogens is 234 g/mol. The van der Waals surface area contributed by atoms with Crippen LogP contribution in [0.5, 0.6) is 0 Å². The first-order valence-corrected chi connectivity index (χ1v) is 6.68. The highest BCUT2D eigenvalue weighted by Gasteiger charge is 2.14. The van der Waals surface area contributed by atoms with Crippen LogP contribution in [0, 0.1) is 12.8 Å². The number of esters is 1. The van der Waals surface area contributed by atoms with E-state index in [-0.39, 0.29) is 11.9 Å². The van der Waals surface area contributed by atoms with Gasteiger partial charge in [0.05, 0.1) is 12.5 Å². The Hall–Kier alpha value is -1.16. The number of benzene rings is 1. The van der Waals surface area contributed by atoms with Crippen LogP contribution in [0.2, 0.25) is 0 Å². The number of carbonyl (C=O) groups excluding carboxylic acids is 1. The second kappa shape index (κ2) is 6.55. The number of hydrogen-bond acceptors (Lipinski definition) is 4. The number of thioether (sulfide) groups is 1. The quantitative estimate of drug-likeness (QED) is 0.498. The summed E-state index contributed by atoms with van der Waals surface area (Å²) in [4.78, 5) is 12.6. The summed E-state index contributed by atoms with van der Waals surface area (Å²) < 4.78 is 4.97. The largest absolute Gasteiger partial charge is 0.466 e. The van der Waals surface area contributed by atoms with Crippen molar-refractivity contribution in [2.45, 2.75) is 25.7 Å². The molecule has 0 saturated carbocycles. The molecule has 1 unspecified atom stereocenters. The molecule has 2 N–H and O–H groups in total. The molecule has 0 aliphatic heterocycles. The summed E-state index contributed by atoms with van der Waals surface area (Å²) >= 11 is 1.64. The van der Waals surface area contributed by atoms with Crippen molar-refractivity contribution in [2.24, 2.45) is 5.92 Å². The van der Waals surface area contributed by atoms with Crippen molar-refractivity contribution in [3.63, 3.8) is 0 Å². The number of anilines is 1. The molecule has 0 radical (unpaired) electrons. The Labute approximate surface area is 107 Å². The predicted molar refractivity (Wildman–Crippen MR) is 72.1 cm³/mol. The average molecular weight is 253 g/mol. The van der Waals surface area contributed by atoms with Gasteiger partial charge in [-0.15, -0.1) is 11.8 Å². The van der Waals surface area contributed by atoms with Crippen LogP contribution in [-0.2, 0) is 9.53 Å². The molecule has 0 heterocycles. The van der Waals surface area contributed by atoms with Crippen LogP contribution < -0.4 is 5.73 Å². The molecule has 1 aromatic carbocycles. The van der Waals surface area contributed by atoms with E-state index in [1.54, 1.807) is 11.8 Å². The lowest BCUT2D eigenvalue weighted by Gasteiger charge is -2.11. The van der Waals surface area contributed by atoms with Gasteiger partial charge in [-0.25, -0.2) is 0 Å². The Bertz CT molecular complexity index is 393.